The predicted molar refractivity (Wildman–Crippen MR) is 106 cm³/mol. The Morgan fingerprint density at radius 3 is 1.52 bits per heavy atom. The lowest BCUT2D eigenvalue weighted by Crippen LogP contribution is -2.19. The molecule has 0 saturated carbocycles. The quantitative estimate of drug-likeness (QED) is 0.350. The van der Waals surface area contributed by atoms with Gasteiger partial charge in [-0.3, -0.25) is 0 Å². The molecule has 7 nitrogen and oxygen atoms in total. The molecule has 1 aromatic rings. The molecule has 1 aromatic carbocycles. The first kappa shape index (κ1) is 23.6. The summed E-state index contributed by atoms with van der Waals surface area (Å²) in [6, 6.07) is 0. The number of fused-ring (bicyclic) bond motifs is 2. The molecular formula is C14H18Cl4O7P2. The number of hydrogen-bond donors (Lipinski definition) is 2. The van der Waals surface area contributed by atoms with E-state index in [-0.39, 0.29) is 29.1 Å². The molecule has 1 aliphatic heterocycles. The smallest absolute Gasteiger partial charge is 0.394 e. The molecule has 2 rings (SSSR count). The second-order valence-corrected chi connectivity index (χ2v) is 9.94. The van der Waals surface area contributed by atoms with Gasteiger partial charge in [0, 0.05) is 40.2 Å². The highest BCUT2D eigenvalue weighted by Gasteiger charge is 2.46. The van der Waals surface area contributed by atoms with Gasteiger partial charge in [-0.25, -0.2) is 9.13 Å². The summed E-state index contributed by atoms with van der Waals surface area (Å²) < 4.78 is 39.1. The lowest BCUT2D eigenvalue weighted by atomic mass is 9.89. The first-order valence-corrected chi connectivity index (χ1v) is 13.0. The molecule has 2 N–H and O–H groups in total. The minimum atomic E-state index is -5.15. The van der Waals surface area contributed by atoms with Crippen LogP contribution in [0.3, 0.4) is 0 Å². The van der Waals surface area contributed by atoms with Gasteiger partial charge in [-0.2, -0.15) is 4.31 Å². The van der Waals surface area contributed by atoms with Gasteiger partial charge in [0.05, 0.1) is 0 Å². The number of halogens is 4. The third kappa shape index (κ3) is 5.69. The van der Waals surface area contributed by atoms with Gasteiger partial charge in [0.15, 0.2) is 0 Å². The molecule has 13 heteroatoms. The van der Waals surface area contributed by atoms with E-state index in [4.69, 9.17) is 65.2 Å². The molecule has 0 saturated heterocycles. The average molecular weight is 502 g/mol. The largest absolute Gasteiger partial charge is 0.596 e. The predicted octanol–water partition coefficient (Wildman–Crippen LogP) is 4.80. The molecule has 27 heavy (non-hydrogen) atoms. The highest BCUT2D eigenvalue weighted by atomic mass is 35.5. The van der Waals surface area contributed by atoms with E-state index in [1.54, 1.807) is 0 Å². The Labute approximate surface area is 177 Å². The van der Waals surface area contributed by atoms with Crippen molar-refractivity contribution in [3.63, 3.8) is 0 Å². The summed E-state index contributed by atoms with van der Waals surface area (Å²) in [5, 5.41) is 0. The van der Waals surface area contributed by atoms with Crippen LogP contribution in [0.5, 0.6) is 11.5 Å². The standard InChI is InChI=1S/C14H18Cl4O7P2/c15-5-1-9-10(2-6-16)13-12(4-8-18)14(11(9)3-7-17)24-27(22,23-13)25-26(19,20)21/h1-8H2,(H2,19,20,21). The van der Waals surface area contributed by atoms with Gasteiger partial charge in [-0.1, -0.05) is 0 Å². The van der Waals surface area contributed by atoms with E-state index in [0.29, 0.717) is 48.3 Å². The Balaban J connectivity index is 2.74. The summed E-state index contributed by atoms with van der Waals surface area (Å²) in [5.74, 6) is 1.30. The normalized spacial score (nSPS) is 15.3. The Morgan fingerprint density at radius 2 is 1.15 bits per heavy atom. The van der Waals surface area contributed by atoms with E-state index in [0.717, 1.165) is 5.56 Å². The van der Waals surface area contributed by atoms with Crippen LogP contribution in [0.2, 0.25) is 0 Å². The van der Waals surface area contributed by atoms with Crippen LogP contribution < -0.4 is 9.05 Å². The second kappa shape index (κ2) is 9.88. The Kier molecular flexibility index (Phi) is 8.64. The summed E-state index contributed by atoms with van der Waals surface area (Å²) in [6.45, 7) is 0. The maximum atomic E-state index is 12.8. The zero-order chi connectivity index (χ0) is 20.2. The maximum absolute atomic E-state index is 12.8. The summed E-state index contributed by atoms with van der Waals surface area (Å²) in [5.41, 5.74) is 2.60. The maximum Gasteiger partial charge on any atom is 0.596 e. The molecule has 1 heterocycles. The van der Waals surface area contributed by atoms with Crippen molar-refractivity contribution >= 4 is 62.0 Å². The number of phosphoric ester groups is 1. The summed E-state index contributed by atoms with van der Waals surface area (Å²) >= 11 is 23.7. The van der Waals surface area contributed by atoms with Crippen LogP contribution in [0.15, 0.2) is 0 Å². The van der Waals surface area contributed by atoms with E-state index >= 15 is 0 Å². The molecule has 0 aromatic heterocycles. The van der Waals surface area contributed by atoms with Crippen molar-refractivity contribution in [3.8, 4) is 11.5 Å². The van der Waals surface area contributed by atoms with E-state index < -0.39 is 15.6 Å². The van der Waals surface area contributed by atoms with E-state index in [1.807, 2.05) is 0 Å². The third-order valence-corrected chi connectivity index (χ3v) is 7.03. The Hall–Kier alpha value is 0.320. The highest BCUT2D eigenvalue weighted by Crippen LogP contribution is 2.65. The average Bonchev–Trinajstić information content (AvgIpc) is 2.55. The fourth-order valence-corrected chi connectivity index (χ4v) is 5.98. The van der Waals surface area contributed by atoms with Crippen molar-refractivity contribution in [2.24, 2.45) is 0 Å². The molecule has 0 unspecified atom stereocenters. The second-order valence-electron chi connectivity index (χ2n) is 5.53. The molecule has 2 bridgehead atoms. The molecule has 0 spiro atoms. The van der Waals surface area contributed by atoms with Gasteiger partial charge in [0.2, 0.25) is 0 Å². The fraction of sp³-hybridized carbons (Fsp3) is 0.571. The Morgan fingerprint density at radius 1 is 0.778 bits per heavy atom. The van der Waals surface area contributed by atoms with Gasteiger partial charge in [0.1, 0.15) is 11.5 Å². The molecule has 0 aliphatic carbocycles. The zero-order valence-electron chi connectivity index (χ0n) is 14.0. The lowest BCUT2D eigenvalue weighted by Gasteiger charge is -2.32. The van der Waals surface area contributed by atoms with Crippen molar-refractivity contribution in [3.05, 3.63) is 22.3 Å². The first-order chi connectivity index (χ1) is 12.7. The van der Waals surface area contributed by atoms with Gasteiger partial charge in [-0.15, -0.1) is 46.4 Å². The number of phosphoric acid groups is 2. The van der Waals surface area contributed by atoms with Gasteiger partial charge >= 0.3 is 15.6 Å². The van der Waals surface area contributed by atoms with E-state index in [1.165, 1.54) is 0 Å². The summed E-state index contributed by atoms with van der Waals surface area (Å²) in [4.78, 5) is 18.1. The zero-order valence-corrected chi connectivity index (χ0v) is 18.8. The first-order valence-electron chi connectivity index (χ1n) is 7.89. The molecule has 0 atom stereocenters. The van der Waals surface area contributed by atoms with Crippen molar-refractivity contribution in [1.82, 2.24) is 0 Å². The third-order valence-electron chi connectivity index (χ3n) is 3.82. The number of rotatable bonds is 10. The molecule has 0 fully saturated rings. The van der Waals surface area contributed by atoms with E-state index in [9.17, 15) is 9.13 Å². The summed E-state index contributed by atoms with van der Waals surface area (Å²) in [7, 11) is -9.76. The number of benzene rings is 1. The minimum Gasteiger partial charge on any atom is -0.394 e. The topological polar surface area (TPSA) is 102 Å². The van der Waals surface area contributed by atoms with Gasteiger partial charge < -0.3 is 18.8 Å². The summed E-state index contributed by atoms with van der Waals surface area (Å²) in [6.07, 6.45) is 1.47. The van der Waals surface area contributed by atoms with Crippen LogP contribution in [0.1, 0.15) is 22.3 Å². The Bertz CT molecular complexity index is 742. The van der Waals surface area contributed by atoms with Crippen LogP contribution in [-0.2, 0) is 39.1 Å². The molecule has 1 aliphatic rings. The van der Waals surface area contributed by atoms with Crippen LogP contribution >= 0.6 is 62.0 Å². The molecule has 154 valence electrons. The van der Waals surface area contributed by atoms with Gasteiger partial charge in [-0.05, 0) is 31.2 Å². The fourth-order valence-electron chi connectivity index (χ4n) is 2.99. The van der Waals surface area contributed by atoms with Crippen LogP contribution in [0.25, 0.3) is 0 Å². The SMILES string of the molecule is O=P(O)(O)OP1(=O)Oc2c(CCCl)c(CCCl)c(CCCl)c(c2CCCl)O1. The van der Waals surface area contributed by atoms with Crippen molar-refractivity contribution in [2.45, 2.75) is 25.7 Å². The lowest BCUT2D eigenvalue weighted by molar-refractivity contribution is 0.226. The molecule has 0 amide bonds. The minimum absolute atomic E-state index is 0.160. The van der Waals surface area contributed by atoms with Crippen LogP contribution in [0, 0.1) is 0 Å². The van der Waals surface area contributed by atoms with Crippen LogP contribution in [-0.4, -0.2) is 33.3 Å². The van der Waals surface area contributed by atoms with Gasteiger partial charge in [0.25, 0.3) is 0 Å². The van der Waals surface area contributed by atoms with Crippen molar-refractivity contribution in [2.75, 3.05) is 23.5 Å². The molecule has 0 radical (unpaired) electrons. The number of hydrogen-bond acceptors (Lipinski definition) is 5. The monoisotopic (exact) mass is 500 g/mol. The highest BCUT2D eigenvalue weighted by molar-refractivity contribution is 7.61. The van der Waals surface area contributed by atoms with Crippen molar-refractivity contribution < 1.29 is 32.3 Å². The van der Waals surface area contributed by atoms with Crippen molar-refractivity contribution in [1.29, 1.82) is 0 Å². The van der Waals surface area contributed by atoms with Crippen LogP contribution in [0.4, 0.5) is 0 Å². The number of alkyl halides is 4. The van der Waals surface area contributed by atoms with E-state index in [2.05, 4.69) is 4.31 Å². The molecular weight excluding hydrogens is 484 g/mol.